The zero-order chi connectivity index (χ0) is 7.98. The first kappa shape index (κ1) is 9.55. The normalized spacial score (nSPS) is 12.5. The van der Waals surface area contributed by atoms with Gasteiger partial charge in [-0.05, 0) is 0 Å². The third-order valence-electron chi connectivity index (χ3n) is 0.746. The fourth-order valence-electron chi connectivity index (χ4n) is 0.307. The summed E-state index contributed by atoms with van der Waals surface area (Å²) in [4.78, 5) is 0.168. The number of hydrogen-bond donors (Lipinski definition) is 1. The highest BCUT2D eigenvalue weighted by Gasteiger charge is 1.98. The monoisotopic (exact) mass is 162 g/mol. The molecule has 0 aromatic rings. The van der Waals surface area contributed by atoms with Crippen molar-refractivity contribution in [3.63, 3.8) is 0 Å². The van der Waals surface area contributed by atoms with Gasteiger partial charge >= 0.3 is 0 Å². The van der Waals surface area contributed by atoms with Crippen molar-refractivity contribution >= 4 is 11.1 Å². The Kier molecular flexibility index (Phi) is 5.10. The van der Waals surface area contributed by atoms with Gasteiger partial charge in [-0.3, -0.25) is 0 Å². The Hall–Kier alpha value is -0.450. The summed E-state index contributed by atoms with van der Waals surface area (Å²) in [7, 11) is 0. The van der Waals surface area contributed by atoms with Crippen LogP contribution in [0.15, 0.2) is 24.1 Å². The average Bonchev–Trinajstić information content (AvgIpc) is 1.88. The lowest BCUT2D eigenvalue weighted by atomic mass is 10.6. The molecule has 0 fully saturated rings. The fourth-order valence-corrected chi connectivity index (χ4v) is 0.491. The SMILES string of the molecule is C=CCOCC(=C)S(=O)O. The Bertz CT molecular complexity index is 153. The van der Waals surface area contributed by atoms with Crippen molar-refractivity contribution in [2.24, 2.45) is 0 Å². The molecular formula is C6H10O3S. The third-order valence-corrected chi connectivity index (χ3v) is 1.36. The lowest BCUT2D eigenvalue weighted by Crippen LogP contribution is -2.01. The van der Waals surface area contributed by atoms with E-state index in [0.717, 1.165) is 0 Å². The molecule has 0 amide bonds. The van der Waals surface area contributed by atoms with Crippen molar-refractivity contribution in [2.75, 3.05) is 13.2 Å². The molecule has 0 saturated carbocycles. The predicted octanol–water partition coefficient (Wildman–Crippen LogP) is 0.924. The van der Waals surface area contributed by atoms with E-state index in [1.807, 2.05) is 0 Å². The van der Waals surface area contributed by atoms with Gasteiger partial charge in [0.05, 0.1) is 18.1 Å². The minimum absolute atomic E-state index is 0.106. The minimum atomic E-state index is -1.97. The summed E-state index contributed by atoms with van der Waals surface area (Å²) in [6.07, 6.45) is 1.56. The maximum atomic E-state index is 10.2. The Balaban J connectivity index is 3.40. The van der Waals surface area contributed by atoms with Crippen molar-refractivity contribution < 1.29 is 13.5 Å². The van der Waals surface area contributed by atoms with Crippen LogP contribution < -0.4 is 0 Å². The Morgan fingerprint density at radius 3 is 2.80 bits per heavy atom. The molecule has 0 aromatic heterocycles. The first-order chi connectivity index (χ1) is 4.68. The van der Waals surface area contributed by atoms with Gasteiger partial charge in [0.1, 0.15) is 0 Å². The van der Waals surface area contributed by atoms with E-state index in [1.165, 1.54) is 0 Å². The molecule has 0 bridgehead atoms. The van der Waals surface area contributed by atoms with Gasteiger partial charge in [0.15, 0.2) is 11.1 Å². The zero-order valence-corrected chi connectivity index (χ0v) is 6.39. The van der Waals surface area contributed by atoms with Crippen LogP contribution in [0, 0.1) is 0 Å². The van der Waals surface area contributed by atoms with E-state index in [0.29, 0.717) is 6.61 Å². The van der Waals surface area contributed by atoms with E-state index in [2.05, 4.69) is 13.2 Å². The smallest absolute Gasteiger partial charge is 0.184 e. The van der Waals surface area contributed by atoms with Crippen molar-refractivity contribution in [3.8, 4) is 0 Å². The maximum absolute atomic E-state index is 10.2. The second-order valence-electron chi connectivity index (χ2n) is 1.59. The largest absolute Gasteiger partial charge is 0.372 e. The van der Waals surface area contributed by atoms with Crippen molar-refractivity contribution in [2.45, 2.75) is 0 Å². The third kappa shape index (κ3) is 4.43. The van der Waals surface area contributed by atoms with Crippen LogP contribution in [-0.2, 0) is 15.8 Å². The summed E-state index contributed by atoms with van der Waals surface area (Å²) in [5, 5.41) is 0. The van der Waals surface area contributed by atoms with Crippen LogP contribution in [-0.4, -0.2) is 22.0 Å². The average molecular weight is 162 g/mol. The molecule has 4 heteroatoms. The van der Waals surface area contributed by atoms with Gasteiger partial charge in [-0.25, -0.2) is 4.21 Å². The van der Waals surface area contributed by atoms with Crippen LogP contribution >= 0.6 is 0 Å². The molecule has 0 heterocycles. The molecule has 0 aromatic carbocycles. The van der Waals surface area contributed by atoms with E-state index < -0.39 is 11.1 Å². The lowest BCUT2D eigenvalue weighted by Gasteiger charge is -1.99. The van der Waals surface area contributed by atoms with Crippen molar-refractivity contribution in [3.05, 3.63) is 24.1 Å². The van der Waals surface area contributed by atoms with Crippen LogP contribution in [0.2, 0.25) is 0 Å². The van der Waals surface area contributed by atoms with Crippen LogP contribution in [0.25, 0.3) is 0 Å². The van der Waals surface area contributed by atoms with Crippen LogP contribution in [0.4, 0.5) is 0 Å². The molecule has 0 radical (unpaired) electrons. The molecule has 0 aliphatic heterocycles. The van der Waals surface area contributed by atoms with Gasteiger partial charge in [-0.1, -0.05) is 12.7 Å². The van der Waals surface area contributed by atoms with Gasteiger partial charge in [-0.15, -0.1) is 6.58 Å². The van der Waals surface area contributed by atoms with E-state index in [-0.39, 0.29) is 11.5 Å². The van der Waals surface area contributed by atoms with Gasteiger partial charge < -0.3 is 9.29 Å². The molecule has 3 nitrogen and oxygen atoms in total. The predicted molar refractivity (Wildman–Crippen MR) is 40.9 cm³/mol. The molecule has 0 aliphatic rings. The molecule has 0 aliphatic carbocycles. The second-order valence-corrected chi connectivity index (χ2v) is 2.67. The van der Waals surface area contributed by atoms with E-state index in [9.17, 15) is 4.21 Å². The molecule has 0 saturated heterocycles. The number of rotatable bonds is 5. The van der Waals surface area contributed by atoms with Gasteiger partial charge in [0.25, 0.3) is 0 Å². The first-order valence-corrected chi connectivity index (χ1v) is 3.76. The maximum Gasteiger partial charge on any atom is 0.184 e. The quantitative estimate of drug-likeness (QED) is 0.371. The van der Waals surface area contributed by atoms with Gasteiger partial charge in [-0.2, -0.15) is 0 Å². The molecule has 1 unspecified atom stereocenters. The summed E-state index contributed by atoms with van der Waals surface area (Å²) in [6.45, 7) is 7.20. The highest BCUT2D eigenvalue weighted by molar-refractivity contribution is 7.83. The van der Waals surface area contributed by atoms with Crippen molar-refractivity contribution in [1.82, 2.24) is 0 Å². The lowest BCUT2D eigenvalue weighted by molar-refractivity contribution is 0.191. The topological polar surface area (TPSA) is 46.5 Å². The van der Waals surface area contributed by atoms with E-state index in [4.69, 9.17) is 9.29 Å². The molecule has 58 valence electrons. The molecule has 10 heavy (non-hydrogen) atoms. The minimum Gasteiger partial charge on any atom is -0.372 e. The van der Waals surface area contributed by atoms with Crippen LogP contribution in [0.1, 0.15) is 0 Å². The van der Waals surface area contributed by atoms with E-state index in [1.54, 1.807) is 6.08 Å². The number of hydrogen-bond acceptors (Lipinski definition) is 2. The van der Waals surface area contributed by atoms with Crippen molar-refractivity contribution in [1.29, 1.82) is 0 Å². The fraction of sp³-hybridized carbons (Fsp3) is 0.333. The van der Waals surface area contributed by atoms with E-state index >= 15 is 0 Å². The molecular weight excluding hydrogens is 152 g/mol. The Morgan fingerprint density at radius 2 is 2.40 bits per heavy atom. The Morgan fingerprint density at radius 1 is 1.80 bits per heavy atom. The Labute approximate surface area is 62.7 Å². The standard InChI is InChI=1S/C6H10O3S/c1-3-4-9-5-6(2)10(7)8/h3H,1-2,4-5H2,(H,7,8). The molecule has 1 N–H and O–H groups in total. The van der Waals surface area contributed by atoms with Crippen LogP contribution in [0.5, 0.6) is 0 Å². The van der Waals surface area contributed by atoms with Gasteiger partial charge in [0, 0.05) is 0 Å². The molecule has 0 spiro atoms. The summed E-state index contributed by atoms with van der Waals surface area (Å²) in [6, 6.07) is 0. The summed E-state index contributed by atoms with van der Waals surface area (Å²) in [5.41, 5.74) is 0. The first-order valence-electron chi connectivity index (χ1n) is 2.65. The highest BCUT2D eigenvalue weighted by Crippen LogP contribution is 1.94. The molecule has 1 atom stereocenters. The zero-order valence-electron chi connectivity index (χ0n) is 5.58. The summed E-state index contributed by atoms with van der Waals surface area (Å²) >= 11 is -1.97. The second kappa shape index (κ2) is 5.34. The van der Waals surface area contributed by atoms with Gasteiger partial charge in [0.2, 0.25) is 0 Å². The van der Waals surface area contributed by atoms with Crippen LogP contribution in [0.3, 0.4) is 0 Å². The highest BCUT2D eigenvalue weighted by atomic mass is 32.2. The molecule has 0 rings (SSSR count). The summed E-state index contributed by atoms with van der Waals surface area (Å²) in [5.74, 6) is 0. The number of ether oxygens (including phenoxy) is 1. The summed E-state index contributed by atoms with van der Waals surface area (Å²) < 4.78 is 23.4.